The van der Waals surface area contributed by atoms with Crippen molar-refractivity contribution in [2.75, 3.05) is 0 Å². The first-order chi connectivity index (χ1) is 11.7. The lowest BCUT2D eigenvalue weighted by atomic mass is 10.4. The fourth-order valence-corrected chi connectivity index (χ4v) is 7.09. The van der Waals surface area contributed by atoms with Gasteiger partial charge in [-0.15, -0.1) is 0 Å². The van der Waals surface area contributed by atoms with Gasteiger partial charge in [0.2, 0.25) is 0 Å². The average Bonchev–Trinajstić information content (AvgIpc) is 3.00. The summed E-state index contributed by atoms with van der Waals surface area (Å²) in [7, 11) is 2.08. The maximum atomic E-state index is 6.42. The Labute approximate surface area is 147 Å². The molecule has 0 atom stereocenters. The van der Waals surface area contributed by atoms with Crippen molar-refractivity contribution in [3.8, 4) is 0 Å². The third kappa shape index (κ3) is 2.32. The summed E-state index contributed by atoms with van der Waals surface area (Å²) in [6, 6.07) is 25.2. The largest absolute Gasteiger partial charge is 0.286 e. The van der Waals surface area contributed by atoms with Gasteiger partial charge in [-0.05, 0) is 16.7 Å². The number of nitrogens with zero attached hydrogens (tertiary/aromatic N) is 2. The van der Waals surface area contributed by atoms with E-state index in [0.717, 1.165) is 5.65 Å². The average molecular weight is 349 g/mol. The minimum absolute atomic E-state index is 1.15. The first kappa shape index (κ1) is 15.3. The normalized spacial score (nSPS) is 11.7. The van der Waals surface area contributed by atoms with Crippen LogP contribution < -0.4 is 20.6 Å². The van der Waals surface area contributed by atoms with E-state index in [-0.39, 0.29) is 0 Å². The highest BCUT2D eigenvalue weighted by molar-refractivity contribution is 8.25. The zero-order chi connectivity index (χ0) is 16.6. The van der Waals surface area contributed by atoms with Crippen LogP contribution in [0.25, 0.3) is 5.65 Å². The predicted octanol–water partition coefficient (Wildman–Crippen LogP) is 2.52. The molecule has 0 unspecified atom stereocenters. The van der Waals surface area contributed by atoms with Gasteiger partial charge in [-0.3, -0.25) is 0 Å². The summed E-state index contributed by atoms with van der Waals surface area (Å²) < 4.78 is 4.39. The number of hydrogen-bond donors (Lipinski definition) is 0. The van der Waals surface area contributed by atoms with E-state index < -0.39 is 6.04 Å². The lowest BCUT2D eigenvalue weighted by Crippen LogP contribution is -2.29. The van der Waals surface area contributed by atoms with Gasteiger partial charge in [0.15, 0.2) is 5.44 Å². The molecule has 2 aromatic heterocycles. The Morgan fingerprint density at radius 1 is 0.792 bits per heavy atom. The van der Waals surface area contributed by atoms with Gasteiger partial charge in [0, 0.05) is 6.07 Å². The van der Waals surface area contributed by atoms with Gasteiger partial charge in [0.05, 0.1) is 19.3 Å². The second-order valence-electron chi connectivity index (χ2n) is 5.81. The zero-order valence-corrected chi connectivity index (χ0v) is 15.1. The summed E-state index contributed by atoms with van der Waals surface area (Å²) in [5.74, 6) is 0. The monoisotopic (exact) mass is 349 g/mol. The summed E-state index contributed by atoms with van der Waals surface area (Å²) in [5, 5.41) is 2.44. The Balaban J connectivity index is 2.09. The fraction of sp³-hybridized carbons (Fsp3) is 0.0500. The molecule has 0 aliphatic heterocycles. The molecule has 0 amide bonds. The predicted molar refractivity (Wildman–Crippen MR) is 105 cm³/mol. The van der Waals surface area contributed by atoms with Gasteiger partial charge in [-0.25, -0.2) is 4.57 Å². The van der Waals surface area contributed by atoms with Crippen LogP contribution in [-0.4, -0.2) is 4.40 Å². The van der Waals surface area contributed by atoms with E-state index in [1.54, 1.807) is 0 Å². The molecule has 0 aliphatic carbocycles. The maximum Gasteiger partial charge on any atom is 0.286 e. The Bertz CT molecular complexity index is 996. The van der Waals surface area contributed by atoms with Crippen molar-refractivity contribution in [3.63, 3.8) is 0 Å². The van der Waals surface area contributed by atoms with E-state index in [2.05, 4.69) is 95.1 Å². The summed E-state index contributed by atoms with van der Waals surface area (Å²) in [6.07, 6.45) is 4.30. The van der Waals surface area contributed by atoms with Crippen LogP contribution in [0.5, 0.6) is 0 Å². The fourth-order valence-electron chi connectivity index (χ4n) is 3.14. The highest BCUT2D eigenvalue weighted by atomic mass is 32.4. The van der Waals surface area contributed by atoms with E-state index in [1.165, 1.54) is 16.0 Å². The van der Waals surface area contributed by atoms with E-state index in [0.29, 0.717) is 0 Å². The van der Waals surface area contributed by atoms with Gasteiger partial charge in [-0.2, -0.15) is 4.40 Å². The molecule has 0 spiro atoms. The van der Waals surface area contributed by atoms with Crippen LogP contribution in [0.15, 0.2) is 91.3 Å². The first-order valence-corrected chi connectivity index (χ1v) is 10.7. The Morgan fingerprint density at radius 2 is 1.33 bits per heavy atom. The van der Waals surface area contributed by atoms with Crippen molar-refractivity contribution in [1.29, 1.82) is 0 Å². The number of imidazole rings is 1. The molecule has 4 rings (SSSR count). The number of pyridine rings is 1. The van der Waals surface area contributed by atoms with Gasteiger partial charge >= 0.3 is 0 Å². The van der Waals surface area contributed by atoms with Crippen molar-refractivity contribution in [1.82, 2.24) is 4.40 Å². The molecule has 0 aliphatic rings. The molecule has 2 nitrogen and oxygen atoms in total. The second kappa shape index (κ2) is 6.01. The molecule has 0 radical (unpaired) electrons. The molecule has 0 saturated heterocycles. The number of aryl methyl sites for hydroxylation is 1. The highest BCUT2D eigenvalue weighted by Gasteiger charge is 2.32. The van der Waals surface area contributed by atoms with Crippen molar-refractivity contribution in [3.05, 3.63) is 91.3 Å². The van der Waals surface area contributed by atoms with Crippen molar-refractivity contribution >= 4 is 39.5 Å². The molecule has 0 N–H and O–H groups in total. The summed E-state index contributed by atoms with van der Waals surface area (Å²) >= 11 is 6.42. The minimum Gasteiger partial charge on any atom is -0.232 e. The molecule has 2 heterocycles. The molecular weight excluding hydrogens is 331 g/mol. The van der Waals surface area contributed by atoms with E-state index >= 15 is 0 Å². The van der Waals surface area contributed by atoms with Crippen molar-refractivity contribution in [2.45, 2.75) is 0 Å². The SMILES string of the molecule is C[n+]1cc(P(=S)(c2ccccc2)c2ccccc2)n2ccccc21. The number of aromatic nitrogens is 2. The number of rotatable bonds is 3. The third-order valence-corrected chi connectivity index (χ3v) is 9.17. The van der Waals surface area contributed by atoms with E-state index in [1.807, 2.05) is 12.1 Å². The van der Waals surface area contributed by atoms with Crippen LogP contribution in [0.1, 0.15) is 0 Å². The second-order valence-corrected chi connectivity index (χ2v) is 10.2. The van der Waals surface area contributed by atoms with Gasteiger partial charge < -0.3 is 0 Å². The standard InChI is InChI=1S/C20H18N2PS/c1-21-16-20(22-15-9-8-14-19(21)22)23(24,17-10-4-2-5-11-17)18-12-6-3-7-13-18/h2-16H,1H3/q+1. The lowest BCUT2D eigenvalue weighted by Gasteiger charge is -2.20. The molecule has 4 aromatic rings. The summed E-state index contributed by atoms with van der Waals surface area (Å²) in [5.41, 5.74) is 2.33. The van der Waals surface area contributed by atoms with Gasteiger partial charge in [0.1, 0.15) is 6.20 Å². The van der Waals surface area contributed by atoms with Crippen LogP contribution in [0.3, 0.4) is 0 Å². The minimum atomic E-state index is -2.13. The van der Waals surface area contributed by atoms with Gasteiger partial charge in [-0.1, -0.05) is 78.5 Å². The molecule has 0 fully saturated rings. The molecule has 2 aromatic carbocycles. The van der Waals surface area contributed by atoms with Crippen LogP contribution >= 0.6 is 6.04 Å². The van der Waals surface area contributed by atoms with Gasteiger partial charge in [0.25, 0.3) is 5.65 Å². The summed E-state index contributed by atoms with van der Waals surface area (Å²) in [6.45, 7) is 0. The molecule has 24 heavy (non-hydrogen) atoms. The van der Waals surface area contributed by atoms with Crippen LogP contribution in [-0.2, 0) is 18.9 Å². The molecule has 0 saturated carbocycles. The van der Waals surface area contributed by atoms with Crippen LogP contribution in [0, 0.1) is 0 Å². The highest BCUT2D eigenvalue weighted by Crippen LogP contribution is 2.42. The first-order valence-electron chi connectivity index (χ1n) is 7.89. The smallest absolute Gasteiger partial charge is 0.232 e. The van der Waals surface area contributed by atoms with E-state index in [9.17, 15) is 0 Å². The molecule has 118 valence electrons. The third-order valence-electron chi connectivity index (χ3n) is 4.32. The van der Waals surface area contributed by atoms with Crippen LogP contribution in [0.4, 0.5) is 0 Å². The summed E-state index contributed by atoms with van der Waals surface area (Å²) in [4.78, 5) is 0. The van der Waals surface area contributed by atoms with Crippen molar-refractivity contribution in [2.24, 2.45) is 7.05 Å². The zero-order valence-electron chi connectivity index (χ0n) is 13.4. The lowest BCUT2D eigenvalue weighted by molar-refractivity contribution is -0.643. The van der Waals surface area contributed by atoms with Crippen molar-refractivity contribution < 1.29 is 4.57 Å². The number of benzene rings is 2. The van der Waals surface area contributed by atoms with E-state index in [4.69, 9.17) is 11.8 Å². The van der Waals surface area contributed by atoms with Crippen LogP contribution in [0.2, 0.25) is 0 Å². The molecule has 4 heteroatoms. The Hall–Kier alpha value is -2.22. The molecular formula is C20H18N2PS+. The Kier molecular flexibility index (Phi) is 3.84. The molecule has 0 bridgehead atoms. The maximum absolute atomic E-state index is 6.42. The number of hydrogen-bond acceptors (Lipinski definition) is 1. The Morgan fingerprint density at radius 3 is 1.92 bits per heavy atom. The quantitative estimate of drug-likeness (QED) is 0.408. The number of fused-ring (bicyclic) bond motifs is 1. The topological polar surface area (TPSA) is 8.29 Å².